The van der Waals surface area contributed by atoms with Crippen molar-refractivity contribution in [1.29, 1.82) is 0 Å². The highest BCUT2D eigenvalue weighted by Gasteiger charge is 2.20. The summed E-state index contributed by atoms with van der Waals surface area (Å²) in [6.07, 6.45) is 1.52. The van der Waals surface area contributed by atoms with Crippen LogP contribution < -0.4 is 0 Å². The Morgan fingerprint density at radius 1 is 1.19 bits per heavy atom. The SMILES string of the molecule is CN(C)CCC(C)(O)Cc1ccccc1.Cl. The van der Waals surface area contributed by atoms with Gasteiger partial charge in [0.15, 0.2) is 0 Å². The summed E-state index contributed by atoms with van der Waals surface area (Å²) >= 11 is 0. The molecule has 3 heteroatoms. The summed E-state index contributed by atoms with van der Waals surface area (Å²) in [6, 6.07) is 10.1. The largest absolute Gasteiger partial charge is 0.390 e. The van der Waals surface area contributed by atoms with Crippen LogP contribution in [0.1, 0.15) is 18.9 Å². The molecule has 0 spiro atoms. The molecule has 1 N–H and O–H groups in total. The Kier molecular flexibility index (Phi) is 6.65. The van der Waals surface area contributed by atoms with E-state index in [-0.39, 0.29) is 12.4 Å². The number of benzene rings is 1. The molecule has 2 nitrogen and oxygen atoms in total. The van der Waals surface area contributed by atoms with E-state index in [1.54, 1.807) is 0 Å². The van der Waals surface area contributed by atoms with Crippen molar-refractivity contribution in [2.45, 2.75) is 25.4 Å². The van der Waals surface area contributed by atoms with Crippen LogP contribution in [0.25, 0.3) is 0 Å². The smallest absolute Gasteiger partial charge is 0.0672 e. The molecular weight excluding hydrogens is 222 g/mol. The topological polar surface area (TPSA) is 23.5 Å². The van der Waals surface area contributed by atoms with Crippen molar-refractivity contribution in [2.24, 2.45) is 0 Å². The van der Waals surface area contributed by atoms with Gasteiger partial charge in [-0.15, -0.1) is 12.4 Å². The maximum Gasteiger partial charge on any atom is 0.0672 e. The Morgan fingerprint density at radius 2 is 1.75 bits per heavy atom. The van der Waals surface area contributed by atoms with Gasteiger partial charge in [0.2, 0.25) is 0 Å². The molecule has 0 aliphatic carbocycles. The average Bonchev–Trinajstić information content (AvgIpc) is 2.16. The third-order valence-corrected chi connectivity index (χ3v) is 2.53. The van der Waals surface area contributed by atoms with Gasteiger partial charge in [-0.3, -0.25) is 0 Å². The number of aliphatic hydroxyl groups is 1. The van der Waals surface area contributed by atoms with Crippen LogP contribution in [0, 0.1) is 0 Å². The Balaban J connectivity index is 0.00000225. The lowest BCUT2D eigenvalue weighted by atomic mass is 9.93. The minimum Gasteiger partial charge on any atom is -0.390 e. The molecule has 16 heavy (non-hydrogen) atoms. The fraction of sp³-hybridized carbons (Fsp3) is 0.538. The number of halogens is 1. The molecule has 0 saturated heterocycles. The monoisotopic (exact) mass is 243 g/mol. The number of nitrogens with zero attached hydrogens (tertiary/aromatic N) is 1. The zero-order valence-corrected chi connectivity index (χ0v) is 11.1. The zero-order valence-electron chi connectivity index (χ0n) is 10.3. The maximum atomic E-state index is 10.2. The van der Waals surface area contributed by atoms with Crippen LogP contribution in [0.4, 0.5) is 0 Å². The standard InChI is InChI=1S/C13H21NO.ClH/c1-13(15,9-10-14(2)3)11-12-7-5-4-6-8-12;/h4-8,15H,9-11H2,1-3H3;1H. The highest BCUT2D eigenvalue weighted by Crippen LogP contribution is 2.16. The van der Waals surface area contributed by atoms with Crippen LogP contribution >= 0.6 is 12.4 Å². The third kappa shape index (κ3) is 6.11. The summed E-state index contributed by atoms with van der Waals surface area (Å²) < 4.78 is 0. The van der Waals surface area contributed by atoms with Gasteiger partial charge in [0.05, 0.1) is 5.60 Å². The fourth-order valence-corrected chi connectivity index (χ4v) is 1.59. The van der Waals surface area contributed by atoms with Crippen LogP contribution in [0.3, 0.4) is 0 Å². The predicted octanol–water partition coefficient (Wildman–Crippen LogP) is 2.35. The first-order chi connectivity index (χ1) is 6.99. The summed E-state index contributed by atoms with van der Waals surface area (Å²) in [4.78, 5) is 2.10. The maximum absolute atomic E-state index is 10.2. The Morgan fingerprint density at radius 3 is 2.25 bits per heavy atom. The van der Waals surface area contributed by atoms with Crippen molar-refractivity contribution in [3.05, 3.63) is 35.9 Å². The van der Waals surface area contributed by atoms with Crippen LogP contribution in [0.2, 0.25) is 0 Å². The quantitative estimate of drug-likeness (QED) is 0.858. The van der Waals surface area contributed by atoms with E-state index >= 15 is 0 Å². The normalized spacial score (nSPS) is 14.3. The Hall–Kier alpha value is -0.570. The summed E-state index contributed by atoms with van der Waals surface area (Å²) in [5.74, 6) is 0. The number of hydrogen-bond acceptors (Lipinski definition) is 2. The van der Waals surface area contributed by atoms with E-state index in [2.05, 4.69) is 17.0 Å². The van der Waals surface area contributed by atoms with Gasteiger partial charge >= 0.3 is 0 Å². The van der Waals surface area contributed by atoms with Gasteiger partial charge in [0, 0.05) is 13.0 Å². The second-order valence-electron chi connectivity index (χ2n) is 4.71. The molecule has 0 saturated carbocycles. The molecule has 1 rings (SSSR count). The van der Waals surface area contributed by atoms with Gasteiger partial charge in [-0.2, -0.15) is 0 Å². The van der Waals surface area contributed by atoms with E-state index in [9.17, 15) is 5.11 Å². The molecule has 0 radical (unpaired) electrons. The van der Waals surface area contributed by atoms with Gasteiger partial charge in [-0.25, -0.2) is 0 Å². The first-order valence-corrected chi connectivity index (χ1v) is 5.41. The van der Waals surface area contributed by atoms with Crippen molar-refractivity contribution in [3.63, 3.8) is 0 Å². The van der Waals surface area contributed by atoms with Gasteiger partial charge in [0.25, 0.3) is 0 Å². The molecule has 1 atom stereocenters. The molecular formula is C13H22ClNO. The number of hydrogen-bond donors (Lipinski definition) is 1. The lowest BCUT2D eigenvalue weighted by Gasteiger charge is -2.25. The Bertz CT molecular complexity index is 285. The second kappa shape index (κ2) is 6.89. The fourth-order valence-electron chi connectivity index (χ4n) is 1.59. The minimum absolute atomic E-state index is 0. The van der Waals surface area contributed by atoms with Crippen molar-refractivity contribution in [3.8, 4) is 0 Å². The summed E-state index contributed by atoms with van der Waals surface area (Å²) in [7, 11) is 4.05. The van der Waals surface area contributed by atoms with Crippen LogP contribution in [-0.2, 0) is 6.42 Å². The molecule has 0 aliphatic heterocycles. The predicted molar refractivity (Wildman–Crippen MR) is 71.2 cm³/mol. The van der Waals surface area contributed by atoms with Crippen molar-refractivity contribution in [2.75, 3.05) is 20.6 Å². The van der Waals surface area contributed by atoms with Gasteiger partial charge in [-0.1, -0.05) is 30.3 Å². The van der Waals surface area contributed by atoms with E-state index in [4.69, 9.17) is 0 Å². The number of rotatable bonds is 5. The van der Waals surface area contributed by atoms with E-state index in [0.717, 1.165) is 19.4 Å². The molecule has 0 heterocycles. The van der Waals surface area contributed by atoms with Crippen LogP contribution in [-0.4, -0.2) is 36.2 Å². The summed E-state index contributed by atoms with van der Waals surface area (Å²) in [5, 5.41) is 10.2. The first kappa shape index (κ1) is 15.4. The van der Waals surface area contributed by atoms with Gasteiger partial charge in [-0.05, 0) is 33.0 Å². The van der Waals surface area contributed by atoms with Gasteiger partial charge < -0.3 is 10.0 Å². The highest BCUT2D eigenvalue weighted by atomic mass is 35.5. The lowest BCUT2D eigenvalue weighted by Crippen LogP contribution is -2.31. The highest BCUT2D eigenvalue weighted by molar-refractivity contribution is 5.85. The van der Waals surface area contributed by atoms with E-state index in [1.807, 2.05) is 39.2 Å². The van der Waals surface area contributed by atoms with Crippen LogP contribution in [0.15, 0.2) is 30.3 Å². The molecule has 1 aromatic carbocycles. The minimum atomic E-state index is -0.606. The van der Waals surface area contributed by atoms with Crippen molar-refractivity contribution in [1.82, 2.24) is 4.90 Å². The summed E-state index contributed by atoms with van der Waals surface area (Å²) in [5.41, 5.74) is 0.590. The van der Waals surface area contributed by atoms with Crippen molar-refractivity contribution >= 4 is 12.4 Å². The lowest BCUT2D eigenvalue weighted by molar-refractivity contribution is 0.0442. The third-order valence-electron chi connectivity index (χ3n) is 2.53. The van der Waals surface area contributed by atoms with Gasteiger partial charge in [0.1, 0.15) is 0 Å². The van der Waals surface area contributed by atoms with Crippen molar-refractivity contribution < 1.29 is 5.11 Å². The van der Waals surface area contributed by atoms with E-state index in [1.165, 1.54) is 5.56 Å². The molecule has 0 bridgehead atoms. The zero-order chi connectivity index (χ0) is 11.3. The molecule has 92 valence electrons. The van der Waals surface area contributed by atoms with Crippen LogP contribution in [0.5, 0.6) is 0 Å². The molecule has 0 amide bonds. The summed E-state index contributed by atoms with van der Waals surface area (Å²) in [6.45, 7) is 2.82. The molecule has 1 aromatic rings. The second-order valence-corrected chi connectivity index (χ2v) is 4.71. The Labute approximate surface area is 105 Å². The molecule has 0 aromatic heterocycles. The first-order valence-electron chi connectivity index (χ1n) is 5.41. The van der Waals surface area contributed by atoms with E-state index < -0.39 is 5.60 Å². The van der Waals surface area contributed by atoms with E-state index in [0.29, 0.717) is 0 Å². The molecule has 0 fully saturated rings. The average molecular weight is 244 g/mol. The molecule has 0 aliphatic rings. The molecule has 1 unspecified atom stereocenters.